The Hall–Kier alpha value is -11.7. The minimum atomic E-state index is -0.933. The van der Waals surface area contributed by atoms with Crippen molar-refractivity contribution in [2.24, 2.45) is 0 Å². The third-order valence-electron chi connectivity index (χ3n) is 20.8. The van der Waals surface area contributed by atoms with Gasteiger partial charge in [-0.25, -0.2) is 0 Å². The van der Waals surface area contributed by atoms with Crippen LogP contribution in [0.15, 0.2) is 267 Å². The van der Waals surface area contributed by atoms with Crippen molar-refractivity contribution in [2.75, 3.05) is 13.2 Å². The van der Waals surface area contributed by atoms with Gasteiger partial charge in [0.1, 0.15) is 34.9 Å². The molecular formula is C94H76O5. The minimum Gasteiger partial charge on any atom is -0.508 e. The van der Waals surface area contributed by atoms with Crippen LogP contribution in [-0.2, 0) is 16.2 Å². The molecule has 0 fully saturated rings. The van der Waals surface area contributed by atoms with Crippen molar-refractivity contribution in [1.82, 2.24) is 0 Å². The van der Waals surface area contributed by atoms with E-state index in [-0.39, 0.29) is 11.5 Å². The van der Waals surface area contributed by atoms with Gasteiger partial charge < -0.3 is 24.4 Å². The molecule has 482 valence electrons. The molecule has 0 bridgehead atoms. The zero-order valence-electron chi connectivity index (χ0n) is 56.2. The molecule has 5 nitrogen and oxygen atoms in total. The van der Waals surface area contributed by atoms with Gasteiger partial charge in [0.2, 0.25) is 0 Å². The van der Waals surface area contributed by atoms with E-state index < -0.39 is 16.2 Å². The number of phenolic OH excluding ortho intramolecular Hbond substituents is 2. The summed E-state index contributed by atoms with van der Waals surface area (Å²) in [6, 6.07) is 96.1. The summed E-state index contributed by atoms with van der Waals surface area (Å²) in [5, 5.41) is 21.6. The van der Waals surface area contributed by atoms with E-state index in [9.17, 15) is 10.2 Å². The monoisotopic (exact) mass is 1280 g/mol. The molecule has 15 rings (SSSR count). The maximum absolute atomic E-state index is 10.8. The third kappa shape index (κ3) is 10.9. The molecule has 2 N–H and O–H groups in total. The first-order chi connectivity index (χ1) is 48.7. The molecule has 5 heteroatoms. The molecule has 0 amide bonds. The summed E-state index contributed by atoms with van der Waals surface area (Å²) in [6.07, 6.45) is 17.2. The van der Waals surface area contributed by atoms with Crippen LogP contribution < -0.4 is 14.2 Å². The number of benzene rings is 12. The number of ether oxygens (including phenoxy) is 3. The Morgan fingerprint density at radius 1 is 0.333 bits per heavy atom. The van der Waals surface area contributed by atoms with Crippen LogP contribution in [0.3, 0.4) is 0 Å². The maximum atomic E-state index is 10.8. The van der Waals surface area contributed by atoms with Gasteiger partial charge in [0, 0.05) is 11.8 Å². The van der Waals surface area contributed by atoms with E-state index in [4.69, 9.17) is 20.6 Å². The zero-order valence-corrected chi connectivity index (χ0v) is 56.2. The number of hydrogen-bond donors (Lipinski definition) is 2. The van der Waals surface area contributed by atoms with Gasteiger partial charge in [-0.2, -0.15) is 0 Å². The van der Waals surface area contributed by atoms with E-state index in [1.165, 1.54) is 58.2 Å². The summed E-state index contributed by atoms with van der Waals surface area (Å²) in [5.74, 6) is 13.0. The normalized spacial score (nSPS) is 15.3. The molecule has 0 radical (unpaired) electrons. The van der Waals surface area contributed by atoms with Gasteiger partial charge in [-0.3, -0.25) is 0 Å². The van der Waals surface area contributed by atoms with E-state index >= 15 is 0 Å². The standard InChI is InChI=1S/C94H76O5/c1-5-8-11-18-59-97-75-51-41-70(42-52-75)92(67-35-31-64(4)32-36-67)84-27-16-14-23-82(84)90-78(25-21-29-86(90)92)65-33-57-80-81-58-34-66(79-26-22-30-87-91(79)83-24-15-17-28-85(83)93(87,68-37-47-73(95)48-38-68)69-39-49-74(96)50-40-69)63-89(81)94(88(80)62-65,71-43-53-76(54-44-71)98-60-19-12-9-6-2)72-45-55-77(56-46-72)99-61-20-13-10-7-3/h2,14-17,21-58,62-63,95-96H,5,7-8,10-11,13,18,20,59,61H2,1,3-4H3. The second-order valence-corrected chi connectivity index (χ2v) is 26.4. The lowest BCUT2D eigenvalue weighted by Crippen LogP contribution is -2.29. The number of aromatic hydroxyl groups is 2. The van der Waals surface area contributed by atoms with Crippen LogP contribution in [0.5, 0.6) is 28.7 Å². The molecule has 0 saturated heterocycles. The quantitative estimate of drug-likeness (QED) is 0.0554. The van der Waals surface area contributed by atoms with Crippen LogP contribution in [0, 0.1) is 43.1 Å². The molecule has 12 aromatic carbocycles. The highest BCUT2D eigenvalue weighted by Gasteiger charge is 2.51. The van der Waals surface area contributed by atoms with Crippen molar-refractivity contribution in [1.29, 1.82) is 0 Å². The average molecular weight is 1290 g/mol. The fourth-order valence-electron chi connectivity index (χ4n) is 16.4. The first kappa shape index (κ1) is 63.4. The van der Waals surface area contributed by atoms with Gasteiger partial charge >= 0.3 is 0 Å². The van der Waals surface area contributed by atoms with E-state index in [0.717, 1.165) is 133 Å². The van der Waals surface area contributed by atoms with E-state index in [1.54, 1.807) is 24.3 Å². The second kappa shape index (κ2) is 27.1. The van der Waals surface area contributed by atoms with Crippen molar-refractivity contribution in [3.8, 4) is 121 Å². The first-order valence-electron chi connectivity index (χ1n) is 34.8. The Bertz CT molecular complexity index is 5120. The predicted octanol–water partition coefficient (Wildman–Crippen LogP) is 21.7. The average Bonchev–Trinajstić information content (AvgIpc) is 1.55. The van der Waals surface area contributed by atoms with Crippen molar-refractivity contribution in [3.05, 3.63) is 339 Å². The van der Waals surface area contributed by atoms with Crippen molar-refractivity contribution in [2.45, 2.75) is 88.4 Å². The van der Waals surface area contributed by atoms with Gasteiger partial charge in [-0.05, 0) is 227 Å². The molecule has 12 aromatic rings. The summed E-state index contributed by atoms with van der Waals surface area (Å²) >= 11 is 0. The van der Waals surface area contributed by atoms with Crippen LogP contribution in [0.4, 0.5) is 0 Å². The number of unbranched alkanes of at least 4 members (excludes halogenated alkanes) is 6. The number of hydrogen-bond acceptors (Lipinski definition) is 5. The molecule has 0 aliphatic heterocycles. The van der Waals surface area contributed by atoms with Crippen LogP contribution in [-0.4, -0.2) is 23.4 Å². The summed E-state index contributed by atoms with van der Waals surface area (Å²) in [4.78, 5) is 0. The van der Waals surface area contributed by atoms with Crippen molar-refractivity contribution in [3.63, 3.8) is 0 Å². The van der Waals surface area contributed by atoms with Gasteiger partial charge in [-0.1, -0.05) is 252 Å². The van der Waals surface area contributed by atoms with Crippen molar-refractivity contribution < 1.29 is 24.4 Å². The number of terminal acetylenes is 1. The fraction of sp³-hybridized carbons (Fsp3) is 0.170. The number of aryl methyl sites for hydroxylation is 1. The summed E-state index contributed by atoms with van der Waals surface area (Å²) in [6.45, 7) is 7.97. The molecule has 0 spiro atoms. The molecule has 3 aliphatic rings. The lowest BCUT2D eigenvalue weighted by molar-refractivity contribution is 0.305. The fourth-order valence-corrected chi connectivity index (χ4v) is 16.4. The van der Waals surface area contributed by atoms with Crippen molar-refractivity contribution >= 4 is 0 Å². The van der Waals surface area contributed by atoms with Gasteiger partial charge in [0.25, 0.3) is 0 Å². The topological polar surface area (TPSA) is 68.2 Å². The smallest absolute Gasteiger partial charge is 0.140 e. The Labute approximate surface area is 582 Å². The Morgan fingerprint density at radius 3 is 1.13 bits per heavy atom. The lowest BCUT2D eigenvalue weighted by atomic mass is 9.66. The number of phenols is 2. The SMILES string of the molecule is C#CC#CC#COc1ccc(C2(c3ccc(OCCCCCC)cc3)c3cc(-c4cccc5c4-c4ccccc4C5(c4ccc(O)cc4)c4ccc(O)cc4)ccc3-c3ccc(-c4cccc5c4-c4ccccc4C5(c4ccc(C)cc4)c4ccc(OCCCCCC)cc4)cc32)cc1. The zero-order chi connectivity index (χ0) is 67.5. The Morgan fingerprint density at radius 2 is 0.707 bits per heavy atom. The van der Waals surface area contributed by atoms with Gasteiger partial charge in [-0.15, -0.1) is 6.42 Å². The largest absolute Gasteiger partial charge is 0.508 e. The number of rotatable bonds is 21. The van der Waals surface area contributed by atoms with Crippen LogP contribution >= 0.6 is 0 Å². The first-order valence-corrected chi connectivity index (χ1v) is 34.8. The molecule has 0 aromatic heterocycles. The summed E-state index contributed by atoms with van der Waals surface area (Å²) in [7, 11) is 0. The molecule has 0 heterocycles. The maximum Gasteiger partial charge on any atom is 0.140 e. The second-order valence-electron chi connectivity index (χ2n) is 26.4. The molecule has 2 atom stereocenters. The Kier molecular flexibility index (Phi) is 17.3. The molecule has 99 heavy (non-hydrogen) atoms. The molecular weight excluding hydrogens is 1210 g/mol. The van der Waals surface area contributed by atoms with Crippen LogP contribution in [0.2, 0.25) is 0 Å². The highest BCUT2D eigenvalue weighted by Crippen LogP contribution is 2.63. The highest BCUT2D eigenvalue weighted by atomic mass is 16.5. The third-order valence-corrected chi connectivity index (χ3v) is 20.8. The molecule has 0 saturated carbocycles. The molecule has 2 unspecified atom stereocenters. The van der Waals surface area contributed by atoms with Gasteiger partial charge in [0.15, 0.2) is 0 Å². The summed E-state index contributed by atoms with van der Waals surface area (Å²) in [5.41, 5.74) is 23.5. The van der Waals surface area contributed by atoms with E-state index in [0.29, 0.717) is 19.0 Å². The number of fused-ring (bicyclic) bond motifs is 9. The molecule has 3 aliphatic carbocycles. The van der Waals surface area contributed by atoms with E-state index in [1.807, 2.05) is 36.4 Å². The minimum absolute atomic E-state index is 0.190. The predicted molar refractivity (Wildman–Crippen MR) is 402 cm³/mol. The van der Waals surface area contributed by atoms with Crippen LogP contribution in [0.25, 0.3) is 55.6 Å². The summed E-state index contributed by atoms with van der Waals surface area (Å²) < 4.78 is 19.0. The Balaban J connectivity index is 0.955. The van der Waals surface area contributed by atoms with E-state index in [2.05, 4.69) is 257 Å². The highest BCUT2D eigenvalue weighted by molar-refractivity contribution is 6.00. The lowest BCUT2D eigenvalue weighted by Gasteiger charge is -2.35. The van der Waals surface area contributed by atoms with Gasteiger partial charge in [0.05, 0.1) is 29.5 Å². The van der Waals surface area contributed by atoms with Crippen LogP contribution in [0.1, 0.15) is 138 Å².